The fourth-order valence-electron chi connectivity index (χ4n) is 11.4. The van der Waals surface area contributed by atoms with Gasteiger partial charge in [0.05, 0.1) is 56.5 Å². The van der Waals surface area contributed by atoms with Crippen LogP contribution in [0.15, 0.2) is 212 Å². The van der Waals surface area contributed by atoms with E-state index in [1.54, 1.807) is 0 Å². The number of fused-ring (bicyclic) bond motifs is 10. The summed E-state index contributed by atoms with van der Waals surface area (Å²) >= 11 is 0. The number of hydrogen-bond donors (Lipinski definition) is 0. The van der Waals surface area contributed by atoms with Crippen LogP contribution in [-0.4, -0.2) is 22.8 Å². The highest BCUT2D eigenvalue weighted by atomic mass is 14.9. The monoisotopic (exact) mass is 804 g/mol. The van der Waals surface area contributed by atoms with Crippen LogP contribution in [0, 0.1) is 0 Å². The summed E-state index contributed by atoms with van der Waals surface area (Å²) in [5.74, 6) is 0. The number of hydrogen-bond acceptors (Lipinski definition) is 4. The molecule has 0 saturated heterocycles. The van der Waals surface area contributed by atoms with Crippen LogP contribution in [0.4, 0.5) is 0 Å². The third-order valence-electron chi connectivity index (χ3n) is 14.1. The second-order valence-corrected chi connectivity index (χ2v) is 17.7. The summed E-state index contributed by atoms with van der Waals surface area (Å²) in [7, 11) is 0. The van der Waals surface area contributed by atoms with Crippen molar-refractivity contribution < 1.29 is 0 Å². The molecular weight excluding hydrogens is 753 g/mol. The van der Waals surface area contributed by atoms with Crippen LogP contribution in [0.5, 0.6) is 0 Å². The van der Waals surface area contributed by atoms with Gasteiger partial charge in [0.2, 0.25) is 0 Å². The zero-order chi connectivity index (χ0) is 41.7. The van der Waals surface area contributed by atoms with E-state index in [0.29, 0.717) is 0 Å². The molecule has 2 aliphatic carbocycles. The third kappa shape index (κ3) is 6.09. The van der Waals surface area contributed by atoms with Crippen LogP contribution in [0.1, 0.15) is 100 Å². The molecule has 0 amide bonds. The number of rotatable bonds is 12. The SMILES string of the molecule is CCCCCCC1(C2=C3C=CC(=N3)C=C3C=CC(=N3)C(C3(CCCCCC)c4ccccc4-c4ccccc43)=C3C=CC(=N3)C=C3C=CC2=N3)c2ccccc2-c2ccccc21. The molecule has 5 heterocycles. The van der Waals surface area contributed by atoms with Gasteiger partial charge in [-0.2, -0.15) is 0 Å². The van der Waals surface area contributed by atoms with Gasteiger partial charge >= 0.3 is 0 Å². The molecule has 11 rings (SSSR count). The molecule has 0 saturated carbocycles. The lowest BCUT2D eigenvalue weighted by Crippen LogP contribution is -2.32. The molecule has 5 aliphatic heterocycles. The van der Waals surface area contributed by atoms with E-state index in [1.807, 2.05) is 0 Å². The Labute approximate surface area is 366 Å². The molecule has 8 bridgehead atoms. The first-order valence-corrected chi connectivity index (χ1v) is 23.0. The molecule has 0 radical (unpaired) electrons. The molecule has 0 N–H and O–H groups in total. The number of unbranched alkanes of at least 4 members (excludes halogenated alkanes) is 6. The van der Waals surface area contributed by atoms with Crippen molar-refractivity contribution in [3.8, 4) is 22.3 Å². The molecule has 62 heavy (non-hydrogen) atoms. The normalized spacial score (nSPS) is 18.9. The number of nitrogens with zero attached hydrogens (tertiary/aromatic N) is 4. The van der Waals surface area contributed by atoms with Crippen LogP contribution < -0.4 is 0 Å². The third-order valence-corrected chi connectivity index (χ3v) is 14.1. The smallest absolute Gasteiger partial charge is 0.0703 e. The van der Waals surface area contributed by atoms with Crippen LogP contribution in [0.2, 0.25) is 0 Å². The lowest BCUT2D eigenvalue weighted by molar-refractivity contribution is 0.517. The van der Waals surface area contributed by atoms with Crippen LogP contribution in [0.3, 0.4) is 0 Å². The van der Waals surface area contributed by atoms with Gasteiger partial charge in [-0.05, 0) is 118 Å². The van der Waals surface area contributed by atoms with E-state index in [-0.39, 0.29) is 0 Å². The van der Waals surface area contributed by atoms with Gasteiger partial charge in [0.1, 0.15) is 0 Å². The molecule has 4 nitrogen and oxygen atoms in total. The van der Waals surface area contributed by atoms with E-state index in [4.69, 9.17) is 20.0 Å². The van der Waals surface area contributed by atoms with E-state index in [9.17, 15) is 0 Å². The Bertz CT molecular complexity index is 2630. The van der Waals surface area contributed by atoms with Crippen LogP contribution >= 0.6 is 0 Å². The van der Waals surface area contributed by atoms with Crippen molar-refractivity contribution in [2.24, 2.45) is 20.0 Å². The Morgan fingerprint density at radius 2 is 0.742 bits per heavy atom. The van der Waals surface area contributed by atoms with Gasteiger partial charge in [-0.1, -0.05) is 162 Å². The van der Waals surface area contributed by atoms with Crippen molar-refractivity contribution in [1.29, 1.82) is 0 Å². The second kappa shape index (κ2) is 15.7. The van der Waals surface area contributed by atoms with Crippen LogP contribution in [0.25, 0.3) is 22.3 Å². The average Bonchev–Trinajstić information content (AvgIpc) is 4.19. The van der Waals surface area contributed by atoms with Crippen molar-refractivity contribution in [3.05, 3.63) is 214 Å². The topological polar surface area (TPSA) is 49.4 Å². The first kappa shape index (κ1) is 38.4. The van der Waals surface area contributed by atoms with E-state index >= 15 is 0 Å². The molecular formula is C58H52N4. The first-order chi connectivity index (χ1) is 30.6. The minimum Gasteiger partial charge on any atom is -0.249 e. The highest BCUT2D eigenvalue weighted by molar-refractivity contribution is 6.19. The molecule has 4 aromatic rings. The van der Waals surface area contributed by atoms with E-state index < -0.39 is 10.8 Å². The maximum Gasteiger partial charge on any atom is 0.0703 e. The summed E-state index contributed by atoms with van der Waals surface area (Å²) in [5.41, 5.74) is 19.5. The minimum absolute atomic E-state index is 0.426. The Hall–Kier alpha value is -6.52. The summed E-state index contributed by atoms with van der Waals surface area (Å²) in [4.78, 5) is 22.0. The van der Waals surface area contributed by atoms with Crippen molar-refractivity contribution >= 4 is 22.8 Å². The molecule has 0 unspecified atom stereocenters. The van der Waals surface area contributed by atoms with Gasteiger partial charge in [0, 0.05) is 11.1 Å². The zero-order valence-corrected chi connectivity index (χ0v) is 35.9. The molecule has 4 heteroatoms. The molecule has 0 atom stereocenters. The fourth-order valence-corrected chi connectivity index (χ4v) is 11.4. The molecule has 0 aromatic heterocycles. The Morgan fingerprint density at radius 3 is 1.11 bits per heavy atom. The Morgan fingerprint density at radius 1 is 0.371 bits per heavy atom. The number of aliphatic imine (C=N–C) groups is 4. The highest BCUT2D eigenvalue weighted by Gasteiger charge is 2.50. The molecule has 0 spiro atoms. The van der Waals surface area contributed by atoms with Gasteiger partial charge in [0.25, 0.3) is 0 Å². The zero-order valence-electron chi connectivity index (χ0n) is 35.9. The molecule has 304 valence electrons. The lowest BCUT2D eigenvalue weighted by atomic mass is 9.66. The van der Waals surface area contributed by atoms with Crippen molar-refractivity contribution in [2.45, 2.75) is 88.9 Å². The predicted molar refractivity (Wildman–Crippen MR) is 259 cm³/mol. The van der Waals surface area contributed by atoms with E-state index in [0.717, 1.165) is 71.3 Å². The van der Waals surface area contributed by atoms with Crippen molar-refractivity contribution in [2.75, 3.05) is 0 Å². The van der Waals surface area contributed by atoms with Gasteiger partial charge in [-0.3, -0.25) is 0 Å². The van der Waals surface area contributed by atoms with Gasteiger partial charge < -0.3 is 0 Å². The van der Waals surface area contributed by atoms with Gasteiger partial charge in [-0.25, -0.2) is 20.0 Å². The summed E-state index contributed by atoms with van der Waals surface area (Å²) in [6, 6.07) is 36.1. The summed E-state index contributed by atoms with van der Waals surface area (Å²) in [6.45, 7) is 4.58. The summed E-state index contributed by atoms with van der Waals surface area (Å²) < 4.78 is 0. The van der Waals surface area contributed by atoms with E-state index in [1.165, 1.54) is 94.2 Å². The fraction of sp³-hybridized carbons (Fsp3) is 0.241. The number of benzene rings is 4. The lowest BCUT2D eigenvalue weighted by Gasteiger charge is -2.36. The Kier molecular flexibility index (Phi) is 9.75. The second-order valence-electron chi connectivity index (χ2n) is 17.7. The predicted octanol–water partition coefficient (Wildman–Crippen LogP) is 14.2. The molecule has 7 aliphatic rings. The maximum absolute atomic E-state index is 5.51. The maximum atomic E-state index is 5.51. The molecule has 0 fully saturated rings. The Balaban J connectivity index is 1.12. The van der Waals surface area contributed by atoms with Crippen LogP contribution in [-0.2, 0) is 10.8 Å². The molecule has 4 aromatic carbocycles. The first-order valence-electron chi connectivity index (χ1n) is 23.0. The van der Waals surface area contributed by atoms with Gasteiger partial charge in [-0.15, -0.1) is 0 Å². The summed E-state index contributed by atoms with van der Waals surface area (Å²) in [6.07, 6.45) is 33.2. The standard InChI is InChI=1S/C58H52N4/c1-3-5-7-17-35-57(47-23-13-9-19-43(47)44-20-10-14-24-48(44)57)55-51-31-27-39(59-51)37-41-29-33-53(61-41)56(54-34-30-42(62-54)38-40-28-32-52(55)60-40)58(36-18-8-6-4-2)49-25-15-11-21-45(49)46-22-12-16-26-50(46)58/h9-16,19-34,37-38H,3-8,17-18,35-36H2,1-2H3. The van der Waals surface area contributed by atoms with Crippen molar-refractivity contribution in [1.82, 2.24) is 0 Å². The van der Waals surface area contributed by atoms with Gasteiger partial charge in [0.15, 0.2) is 0 Å². The average molecular weight is 805 g/mol. The number of allylic oxidation sites excluding steroid dienone is 12. The van der Waals surface area contributed by atoms with Crippen molar-refractivity contribution in [3.63, 3.8) is 0 Å². The quantitative estimate of drug-likeness (QED) is 0.128. The van der Waals surface area contributed by atoms with E-state index in [2.05, 4.69) is 172 Å². The largest absolute Gasteiger partial charge is 0.249 e. The summed E-state index contributed by atoms with van der Waals surface area (Å²) in [5, 5.41) is 0. The minimum atomic E-state index is -0.426. The highest BCUT2D eigenvalue weighted by Crippen LogP contribution is 2.59.